The molecule has 0 radical (unpaired) electrons. The van der Waals surface area contributed by atoms with Crippen LogP contribution in [0.5, 0.6) is 0 Å². The maximum Gasteiger partial charge on any atom is 0.314 e. The quantitative estimate of drug-likeness (QED) is 0.354. The highest BCUT2D eigenvalue weighted by molar-refractivity contribution is 5.77. The summed E-state index contributed by atoms with van der Waals surface area (Å²) in [4.78, 5) is 10.9. The number of nitrogens with zero attached hydrogens (tertiary/aromatic N) is 3. The molecule has 0 saturated heterocycles. The lowest BCUT2D eigenvalue weighted by Crippen LogP contribution is -2.26. The fourth-order valence-corrected chi connectivity index (χ4v) is 2.54. The van der Waals surface area contributed by atoms with Gasteiger partial charge in [-0.15, -0.1) is 10.2 Å². The zero-order valence-corrected chi connectivity index (χ0v) is 14.9. The third kappa shape index (κ3) is 4.79. The van der Waals surface area contributed by atoms with Crippen molar-refractivity contribution in [2.75, 3.05) is 0 Å². The number of benzene rings is 2. The largest absolute Gasteiger partial charge is 0.415 e. The highest BCUT2D eigenvalue weighted by Gasteiger charge is 2.18. The number of carbonyl (C=O) groups excluding carboxylic acids is 1. The molecule has 3 aromatic rings. The molecule has 1 heterocycles. The number of rotatable bonds is 7. The zero-order chi connectivity index (χ0) is 21.0. The molecule has 0 aliphatic carbocycles. The first-order valence-corrected chi connectivity index (χ1v) is 8.32. The Morgan fingerprint density at radius 3 is 2.66 bits per heavy atom. The molecule has 3 rings (SSSR count). The minimum absolute atomic E-state index is 0.0215. The summed E-state index contributed by atoms with van der Waals surface area (Å²) >= 11 is 0. The number of hydrogen-bond acceptors (Lipinski definition) is 7. The van der Waals surface area contributed by atoms with Crippen molar-refractivity contribution in [1.82, 2.24) is 15.2 Å². The number of hydrogen-bond donors (Lipinski definition) is 2. The number of aromatic nitrogens is 2. The number of halogens is 3. The normalized spacial score (nSPS) is 11.7. The van der Waals surface area contributed by atoms with E-state index in [1.165, 1.54) is 23.3 Å². The van der Waals surface area contributed by atoms with Crippen LogP contribution in [0.25, 0.3) is 17.2 Å². The van der Waals surface area contributed by atoms with Crippen LogP contribution in [0.15, 0.2) is 53.1 Å². The van der Waals surface area contributed by atoms with Crippen molar-refractivity contribution in [3.63, 3.8) is 0 Å². The monoisotopic (exact) mass is 403 g/mol. The van der Waals surface area contributed by atoms with Crippen LogP contribution in [0.2, 0.25) is 0 Å². The van der Waals surface area contributed by atoms with Crippen LogP contribution in [0.4, 0.5) is 13.2 Å². The first-order valence-electron chi connectivity index (χ1n) is 8.32. The van der Waals surface area contributed by atoms with Gasteiger partial charge in [0.2, 0.25) is 5.89 Å². The lowest BCUT2D eigenvalue weighted by atomic mass is 10.1. The Hall–Kier alpha value is -3.66. The first-order chi connectivity index (χ1) is 13.9. The highest BCUT2D eigenvalue weighted by Crippen LogP contribution is 2.25. The van der Waals surface area contributed by atoms with Gasteiger partial charge in [0, 0.05) is 22.9 Å². The van der Waals surface area contributed by atoms with E-state index in [9.17, 15) is 18.0 Å². The summed E-state index contributed by atoms with van der Waals surface area (Å²) in [6.07, 6.45) is -0.804. The lowest BCUT2D eigenvalue weighted by Gasteiger charge is -2.16. The van der Waals surface area contributed by atoms with Crippen molar-refractivity contribution >= 4 is 12.0 Å². The lowest BCUT2D eigenvalue weighted by molar-refractivity contribution is 0.112. The van der Waals surface area contributed by atoms with Crippen molar-refractivity contribution in [1.29, 1.82) is 0 Å². The molecule has 1 aromatic heterocycles. The van der Waals surface area contributed by atoms with Gasteiger partial charge >= 0.3 is 6.43 Å². The van der Waals surface area contributed by atoms with E-state index in [2.05, 4.69) is 10.2 Å². The zero-order valence-electron chi connectivity index (χ0n) is 14.9. The molecular weight excluding hydrogens is 387 g/mol. The summed E-state index contributed by atoms with van der Waals surface area (Å²) in [5.74, 6) is 4.20. The molecule has 0 amide bonds. The molecule has 7 nitrogen and oxygen atoms in total. The molecule has 0 fully saturated rings. The molecule has 0 spiro atoms. The maximum atomic E-state index is 14.4. The maximum absolute atomic E-state index is 14.4. The standard InChI is InChI=1S/C19H16F3N5O2/c20-15-7-13(18-25-26-19(29-18)17(21)22)4-5-14(15)8-27(24)9-16(23)12-3-1-2-11(6-12)10-28/h1-7,9-10,17H,8,23-24H2/b16-9-. The smallest absolute Gasteiger partial charge is 0.314 e. The minimum atomic E-state index is -2.91. The van der Waals surface area contributed by atoms with E-state index in [-0.39, 0.29) is 23.6 Å². The van der Waals surface area contributed by atoms with E-state index in [0.717, 1.165) is 6.07 Å². The van der Waals surface area contributed by atoms with Crippen LogP contribution >= 0.6 is 0 Å². The summed E-state index contributed by atoms with van der Waals surface area (Å²) < 4.78 is 44.3. The van der Waals surface area contributed by atoms with E-state index in [4.69, 9.17) is 16.0 Å². The number of alkyl halides is 2. The molecule has 0 aliphatic rings. The van der Waals surface area contributed by atoms with Crippen molar-refractivity contribution in [2.24, 2.45) is 11.6 Å². The van der Waals surface area contributed by atoms with Crippen LogP contribution in [0.1, 0.15) is 33.8 Å². The predicted molar refractivity (Wildman–Crippen MR) is 98.4 cm³/mol. The summed E-state index contributed by atoms with van der Waals surface area (Å²) in [5.41, 5.74) is 7.71. The van der Waals surface area contributed by atoms with Crippen molar-refractivity contribution in [3.05, 3.63) is 77.1 Å². The molecule has 29 heavy (non-hydrogen) atoms. The number of hydrazine groups is 1. The molecule has 10 heteroatoms. The Balaban J connectivity index is 1.74. The summed E-state index contributed by atoms with van der Waals surface area (Å²) in [5, 5.41) is 7.87. The topological polar surface area (TPSA) is 111 Å². The van der Waals surface area contributed by atoms with Gasteiger partial charge in [-0.1, -0.05) is 24.3 Å². The van der Waals surface area contributed by atoms with E-state index in [1.54, 1.807) is 24.3 Å². The summed E-state index contributed by atoms with van der Waals surface area (Å²) in [7, 11) is 0. The minimum Gasteiger partial charge on any atom is -0.415 e. The van der Waals surface area contributed by atoms with E-state index in [0.29, 0.717) is 23.1 Å². The third-order valence-corrected chi connectivity index (χ3v) is 3.94. The summed E-state index contributed by atoms with van der Waals surface area (Å²) in [6.45, 7) is -0.0215. The number of carbonyl (C=O) groups is 1. The Morgan fingerprint density at radius 1 is 1.21 bits per heavy atom. The average Bonchev–Trinajstić information content (AvgIpc) is 3.20. The van der Waals surface area contributed by atoms with E-state index >= 15 is 0 Å². The molecule has 4 N–H and O–H groups in total. The Kier molecular flexibility index (Phi) is 5.93. The molecule has 2 aromatic carbocycles. The molecular formula is C19H16F3N5O2. The second-order valence-corrected chi connectivity index (χ2v) is 6.05. The van der Waals surface area contributed by atoms with E-state index < -0.39 is 18.1 Å². The van der Waals surface area contributed by atoms with Crippen LogP contribution < -0.4 is 11.6 Å². The van der Waals surface area contributed by atoms with Crippen molar-refractivity contribution in [2.45, 2.75) is 13.0 Å². The van der Waals surface area contributed by atoms with Crippen molar-refractivity contribution in [3.8, 4) is 11.5 Å². The van der Waals surface area contributed by atoms with Gasteiger partial charge in [0.1, 0.15) is 12.1 Å². The van der Waals surface area contributed by atoms with Gasteiger partial charge in [0.05, 0.1) is 12.2 Å². The molecule has 0 bridgehead atoms. The van der Waals surface area contributed by atoms with Gasteiger partial charge in [0.15, 0.2) is 0 Å². The van der Waals surface area contributed by atoms with Crippen molar-refractivity contribution < 1.29 is 22.4 Å². The number of nitrogens with two attached hydrogens (primary N) is 2. The molecule has 0 unspecified atom stereocenters. The molecule has 150 valence electrons. The first kappa shape index (κ1) is 20.1. The Labute approximate surface area is 163 Å². The fraction of sp³-hybridized carbons (Fsp3) is 0.105. The highest BCUT2D eigenvalue weighted by atomic mass is 19.3. The van der Waals surface area contributed by atoms with Gasteiger partial charge in [-0.2, -0.15) is 8.78 Å². The van der Waals surface area contributed by atoms with Gasteiger partial charge in [-0.3, -0.25) is 4.79 Å². The third-order valence-electron chi connectivity index (χ3n) is 3.94. The van der Waals surface area contributed by atoms with Gasteiger partial charge < -0.3 is 15.2 Å². The Morgan fingerprint density at radius 2 is 2.00 bits per heavy atom. The van der Waals surface area contributed by atoms with Crippen LogP contribution in [0.3, 0.4) is 0 Å². The van der Waals surface area contributed by atoms with Crippen LogP contribution in [0, 0.1) is 5.82 Å². The van der Waals surface area contributed by atoms with Gasteiger partial charge in [0.25, 0.3) is 5.89 Å². The molecule has 0 aliphatic heterocycles. The van der Waals surface area contributed by atoms with Crippen LogP contribution in [-0.4, -0.2) is 21.5 Å². The number of aldehydes is 1. The predicted octanol–water partition coefficient (Wildman–Crippen LogP) is 3.26. The van der Waals surface area contributed by atoms with Gasteiger partial charge in [-0.25, -0.2) is 10.2 Å². The second-order valence-electron chi connectivity index (χ2n) is 6.05. The molecule has 0 atom stereocenters. The summed E-state index contributed by atoms with van der Waals surface area (Å²) in [6, 6.07) is 10.6. The Bertz CT molecular complexity index is 1050. The average molecular weight is 403 g/mol. The van der Waals surface area contributed by atoms with Gasteiger partial charge in [-0.05, 0) is 23.8 Å². The SMILES string of the molecule is N/C(=C\N(N)Cc1ccc(-c2nnc(C(F)F)o2)cc1F)c1cccc(C=O)c1. The van der Waals surface area contributed by atoms with Crippen LogP contribution in [-0.2, 0) is 6.54 Å². The fourth-order valence-electron chi connectivity index (χ4n) is 2.54. The molecule has 0 saturated carbocycles. The van der Waals surface area contributed by atoms with E-state index in [1.807, 2.05) is 0 Å². The second kappa shape index (κ2) is 8.57.